The van der Waals surface area contributed by atoms with Crippen LogP contribution in [0, 0.1) is 0 Å². The average molecular weight is 304 g/mol. The van der Waals surface area contributed by atoms with Crippen LogP contribution in [0.15, 0.2) is 42.6 Å². The molecule has 0 N–H and O–H groups in total. The second kappa shape index (κ2) is 5.87. The fourth-order valence-corrected chi connectivity index (χ4v) is 3.25. The highest BCUT2D eigenvalue weighted by atomic mass is 35.5. The molecule has 2 heterocycles. The number of nitrogens with zero attached hydrogens (tertiary/aromatic N) is 3. The lowest BCUT2D eigenvalue weighted by atomic mass is 10.3. The van der Waals surface area contributed by atoms with Gasteiger partial charge in [0.2, 0.25) is 0 Å². The molecular weight excluding hydrogens is 290 g/mol. The smallest absolute Gasteiger partial charge is 0.129 e. The molecule has 0 bridgehead atoms. The molecule has 3 nitrogen and oxygen atoms in total. The second-order valence-corrected chi connectivity index (χ2v) is 6.24. The van der Waals surface area contributed by atoms with Gasteiger partial charge < -0.3 is 0 Å². The molecule has 20 heavy (non-hydrogen) atoms. The fourth-order valence-electron chi connectivity index (χ4n) is 2.09. The van der Waals surface area contributed by atoms with E-state index >= 15 is 0 Å². The van der Waals surface area contributed by atoms with Crippen molar-refractivity contribution in [2.24, 2.45) is 0 Å². The number of rotatable bonds is 4. The van der Waals surface area contributed by atoms with Crippen LogP contribution in [0.4, 0.5) is 0 Å². The quantitative estimate of drug-likeness (QED) is 0.683. The average Bonchev–Trinajstić information content (AvgIpc) is 2.83. The predicted octanol–water partition coefficient (Wildman–Crippen LogP) is 3.98. The summed E-state index contributed by atoms with van der Waals surface area (Å²) in [4.78, 5) is 11.0. The Morgan fingerprint density at radius 1 is 1.15 bits per heavy atom. The minimum absolute atomic E-state index is 0.530. The Hall–Kier alpha value is -1.49. The topological polar surface area (TPSA) is 29.0 Å². The van der Waals surface area contributed by atoms with Crippen LogP contribution in [0.5, 0.6) is 0 Å². The van der Waals surface area contributed by atoms with E-state index in [0.29, 0.717) is 5.15 Å². The lowest BCUT2D eigenvalue weighted by Gasteiger charge is -2.14. The first-order valence-corrected chi connectivity index (χ1v) is 7.53. The molecule has 0 saturated heterocycles. The van der Waals surface area contributed by atoms with Crippen LogP contribution in [0.1, 0.15) is 10.6 Å². The van der Waals surface area contributed by atoms with Crippen LogP contribution in [-0.2, 0) is 13.1 Å². The number of para-hydroxylation sites is 1. The Morgan fingerprint density at radius 2 is 2.00 bits per heavy atom. The van der Waals surface area contributed by atoms with Gasteiger partial charge in [-0.05, 0) is 30.8 Å². The SMILES string of the molecule is CN(Cc1ccc(Cl)nc1)Cc1nc2ccccc2s1. The number of hydrogen-bond donors (Lipinski definition) is 0. The summed E-state index contributed by atoms with van der Waals surface area (Å²) in [5.41, 5.74) is 2.23. The highest BCUT2D eigenvalue weighted by Gasteiger charge is 2.07. The third-order valence-electron chi connectivity index (χ3n) is 2.98. The van der Waals surface area contributed by atoms with Gasteiger partial charge in [-0.15, -0.1) is 11.3 Å². The van der Waals surface area contributed by atoms with Gasteiger partial charge in [-0.25, -0.2) is 9.97 Å². The molecule has 5 heteroatoms. The van der Waals surface area contributed by atoms with E-state index in [-0.39, 0.29) is 0 Å². The van der Waals surface area contributed by atoms with Gasteiger partial charge in [-0.3, -0.25) is 4.90 Å². The maximum absolute atomic E-state index is 5.79. The first-order chi connectivity index (χ1) is 9.70. The van der Waals surface area contributed by atoms with E-state index in [4.69, 9.17) is 11.6 Å². The molecule has 102 valence electrons. The maximum Gasteiger partial charge on any atom is 0.129 e. The molecule has 0 aliphatic heterocycles. The van der Waals surface area contributed by atoms with Crippen LogP contribution >= 0.6 is 22.9 Å². The summed E-state index contributed by atoms with van der Waals surface area (Å²) >= 11 is 7.54. The molecule has 0 aliphatic carbocycles. The third-order valence-corrected chi connectivity index (χ3v) is 4.23. The van der Waals surface area contributed by atoms with Gasteiger partial charge in [-0.1, -0.05) is 29.8 Å². The molecule has 0 fully saturated rings. The molecule has 2 aromatic heterocycles. The second-order valence-electron chi connectivity index (χ2n) is 4.74. The van der Waals surface area contributed by atoms with Crippen LogP contribution in [0.2, 0.25) is 5.15 Å². The lowest BCUT2D eigenvalue weighted by Crippen LogP contribution is -2.17. The fraction of sp³-hybridized carbons (Fsp3) is 0.200. The molecule has 1 aromatic carbocycles. The van der Waals surface area contributed by atoms with Crippen molar-refractivity contribution in [3.05, 3.63) is 58.3 Å². The van der Waals surface area contributed by atoms with E-state index in [1.54, 1.807) is 11.3 Å². The molecule has 3 rings (SSSR count). The van der Waals surface area contributed by atoms with Crippen molar-refractivity contribution in [1.29, 1.82) is 0 Å². The van der Waals surface area contributed by atoms with Crippen molar-refractivity contribution >= 4 is 33.2 Å². The summed E-state index contributed by atoms with van der Waals surface area (Å²) < 4.78 is 1.24. The summed E-state index contributed by atoms with van der Waals surface area (Å²) in [6.45, 7) is 1.67. The molecule has 0 unspecified atom stereocenters. The van der Waals surface area contributed by atoms with Crippen molar-refractivity contribution in [2.75, 3.05) is 7.05 Å². The summed E-state index contributed by atoms with van der Waals surface area (Å²) in [5.74, 6) is 0. The van der Waals surface area contributed by atoms with Crippen molar-refractivity contribution in [3.63, 3.8) is 0 Å². The number of pyridine rings is 1. The molecule has 0 radical (unpaired) electrons. The van der Waals surface area contributed by atoms with Gasteiger partial charge in [0, 0.05) is 12.7 Å². The number of hydrogen-bond acceptors (Lipinski definition) is 4. The third kappa shape index (κ3) is 3.15. The van der Waals surface area contributed by atoms with E-state index in [1.807, 2.05) is 30.5 Å². The monoisotopic (exact) mass is 303 g/mol. The molecule has 0 saturated carbocycles. The van der Waals surface area contributed by atoms with Gasteiger partial charge in [0.25, 0.3) is 0 Å². The Morgan fingerprint density at radius 3 is 2.75 bits per heavy atom. The van der Waals surface area contributed by atoms with Crippen molar-refractivity contribution in [1.82, 2.24) is 14.9 Å². The van der Waals surface area contributed by atoms with Gasteiger partial charge in [-0.2, -0.15) is 0 Å². The molecule has 3 aromatic rings. The zero-order valence-corrected chi connectivity index (χ0v) is 12.7. The number of benzene rings is 1. The van der Waals surface area contributed by atoms with Crippen molar-refractivity contribution < 1.29 is 0 Å². The Bertz CT molecular complexity index is 675. The van der Waals surface area contributed by atoms with Crippen LogP contribution in [-0.4, -0.2) is 21.9 Å². The van der Waals surface area contributed by atoms with Gasteiger partial charge in [0.15, 0.2) is 0 Å². The molecule has 0 spiro atoms. The lowest BCUT2D eigenvalue weighted by molar-refractivity contribution is 0.318. The Kier molecular flexibility index (Phi) is 3.96. The normalized spacial score (nSPS) is 11.3. The van der Waals surface area contributed by atoms with Crippen LogP contribution < -0.4 is 0 Å². The Labute approximate surface area is 126 Å². The zero-order chi connectivity index (χ0) is 13.9. The number of aromatic nitrogens is 2. The van der Waals surface area contributed by atoms with E-state index < -0.39 is 0 Å². The van der Waals surface area contributed by atoms with Gasteiger partial charge in [0.05, 0.1) is 16.8 Å². The van der Waals surface area contributed by atoms with E-state index in [0.717, 1.165) is 29.2 Å². The van der Waals surface area contributed by atoms with E-state index in [9.17, 15) is 0 Å². The summed E-state index contributed by atoms with van der Waals surface area (Å²) in [6, 6.07) is 12.1. The minimum atomic E-state index is 0.530. The van der Waals surface area contributed by atoms with Crippen LogP contribution in [0.25, 0.3) is 10.2 Å². The maximum atomic E-state index is 5.79. The van der Waals surface area contributed by atoms with Gasteiger partial charge >= 0.3 is 0 Å². The summed E-state index contributed by atoms with van der Waals surface area (Å²) in [6.07, 6.45) is 1.82. The Balaban J connectivity index is 1.69. The number of fused-ring (bicyclic) bond motifs is 1. The standard InChI is InChI=1S/C15H14ClN3S/c1-19(9-11-6-7-14(16)17-8-11)10-15-18-12-4-2-3-5-13(12)20-15/h2-8H,9-10H2,1H3. The first-order valence-electron chi connectivity index (χ1n) is 6.34. The number of thiazole rings is 1. The molecule has 0 amide bonds. The van der Waals surface area contributed by atoms with Crippen molar-refractivity contribution in [3.8, 4) is 0 Å². The summed E-state index contributed by atoms with van der Waals surface area (Å²) in [5, 5.41) is 1.66. The van der Waals surface area contributed by atoms with Crippen LogP contribution in [0.3, 0.4) is 0 Å². The van der Waals surface area contributed by atoms with Gasteiger partial charge in [0.1, 0.15) is 10.2 Å². The zero-order valence-electron chi connectivity index (χ0n) is 11.1. The highest BCUT2D eigenvalue weighted by Crippen LogP contribution is 2.22. The molecule has 0 atom stereocenters. The predicted molar refractivity (Wildman–Crippen MR) is 84.0 cm³/mol. The first kappa shape index (κ1) is 13.5. The minimum Gasteiger partial charge on any atom is -0.295 e. The number of halogens is 1. The highest BCUT2D eigenvalue weighted by molar-refractivity contribution is 7.18. The summed E-state index contributed by atoms with van der Waals surface area (Å²) in [7, 11) is 2.08. The molecular formula is C15H14ClN3S. The van der Waals surface area contributed by atoms with E-state index in [2.05, 4.69) is 34.0 Å². The molecule has 0 aliphatic rings. The van der Waals surface area contributed by atoms with Crippen molar-refractivity contribution in [2.45, 2.75) is 13.1 Å². The largest absolute Gasteiger partial charge is 0.295 e. The van der Waals surface area contributed by atoms with E-state index in [1.165, 1.54) is 4.70 Å².